The van der Waals surface area contributed by atoms with E-state index in [1.807, 2.05) is 46.1 Å². The average molecular weight is 640 g/mol. The Morgan fingerprint density at radius 3 is 2.46 bits per heavy atom. The van der Waals surface area contributed by atoms with Gasteiger partial charge in [-0.25, -0.2) is 4.79 Å². The number of aliphatic hydroxyl groups is 1. The highest BCUT2D eigenvalue weighted by Crippen LogP contribution is 2.28. The number of fused-ring (bicyclic) bond motifs is 1. The number of nitrogens with zero attached hydrogens (tertiary/aromatic N) is 3. The summed E-state index contributed by atoms with van der Waals surface area (Å²) in [5, 5.41) is 15.8. The van der Waals surface area contributed by atoms with Gasteiger partial charge in [-0.15, -0.1) is 0 Å². The van der Waals surface area contributed by atoms with Crippen LogP contribution in [0, 0.1) is 5.92 Å². The highest BCUT2D eigenvalue weighted by atomic mass is 16.5. The number of hydrogen-bond acceptors (Lipinski definition) is 7. The number of anilines is 2. The van der Waals surface area contributed by atoms with Crippen LogP contribution in [0.4, 0.5) is 16.2 Å². The van der Waals surface area contributed by atoms with Crippen molar-refractivity contribution in [1.29, 1.82) is 0 Å². The number of rotatable bonds is 10. The van der Waals surface area contributed by atoms with Gasteiger partial charge in [-0.3, -0.25) is 9.59 Å². The van der Waals surface area contributed by atoms with Crippen molar-refractivity contribution in [3.63, 3.8) is 0 Å². The monoisotopic (exact) mass is 639 g/mol. The minimum atomic E-state index is -0.503. The third-order valence-corrected chi connectivity index (χ3v) is 8.22. The van der Waals surface area contributed by atoms with E-state index >= 15 is 0 Å². The van der Waals surface area contributed by atoms with E-state index < -0.39 is 12.1 Å². The Bertz CT molecular complexity index is 1260. The first-order valence-electron chi connectivity index (χ1n) is 16.3. The number of benzene rings is 2. The van der Waals surface area contributed by atoms with Crippen LogP contribution in [0.2, 0.25) is 0 Å². The van der Waals surface area contributed by atoms with Crippen LogP contribution in [0.1, 0.15) is 63.2 Å². The summed E-state index contributed by atoms with van der Waals surface area (Å²) in [5.74, 6) is -0.00187. The predicted molar refractivity (Wildman–Crippen MR) is 181 cm³/mol. The van der Waals surface area contributed by atoms with Crippen molar-refractivity contribution in [3.8, 4) is 5.75 Å². The fourth-order valence-corrected chi connectivity index (χ4v) is 5.39. The van der Waals surface area contributed by atoms with Gasteiger partial charge in [0.25, 0.3) is 5.91 Å². The molecule has 1 heterocycles. The van der Waals surface area contributed by atoms with Crippen molar-refractivity contribution in [2.45, 2.75) is 71.1 Å². The lowest BCUT2D eigenvalue weighted by atomic mass is 10.0. The zero-order valence-corrected chi connectivity index (χ0v) is 28.3. The van der Waals surface area contributed by atoms with E-state index in [2.05, 4.69) is 15.5 Å². The summed E-state index contributed by atoms with van der Waals surface area (Å²) in [4.78, 5) is 45.4. The van der Waals surface area contributed by atoms with Crippen LogP contribution in [-0.4, -0.2) is 110 Å². The van der Waals surface area contributed by atoms with Gasteiger partial charge in [0.2, 0.25) is 5.91 Å². The summed E-state index contributed by atoms with van der Waals surface area (Å²) >= 11 is 0. The molecule has 2 aromatic carbocycles. The van der Waals surface area contributed by atoms with E-state index in [0.717, 1.165) is 32.2 Å². The first-order valence-corrected chi connectivity index (χ1v) is 16.3. The molecule has 1 aliphatic rings. The maximum absolute atomic E-state index is 14.3. The minimum Gasteiger partial charge on any atom is -0.490 e. The maximum Gasteiger partial charge on any atom is 0.323 e. The largest absolute Gasteiger partial charge is 0.490 e. The number of amides is 4. The van der Waals surface area contributed by atoms with Gasteiger partial charge in [0, 0.05) is 50.5 Å². The molecule has 0 spiro atoms. The Labute approximate surface area is 274 Å². The molecule has 0 aromatic heterocycles. The second-order valence-electron chi connectivity index (χ2n) is 12.6. The molecule has 11 nitrogen and oxygen atoms in total. The minimum absolute atomic E-state index is 0.0601. The number of urea groups is 1. The molecule has 2 aromatic rings. The summed E-state index contributed by atoms with van der Waals surface area (Å²) in [7, 11) is 5.78. The molecule has 11 heteroatoms. The number of carbonyl (C=O) groups excluding carboxylic acids is 3. The summed E-state index contributed by atoms with van der Waals surface area (Å²) in [6, 6.07) is 13.2. The standard InChI is InChI=1S/C35H53N5O6/c1-25-22-40(26(2)24-41)34(43)30-21-29(37-35(44)36-28-14-8-7-9-15-28)17-18-31(30)46-27(3)13-10-11-20-45-32(25)23-39(6)33(42)16-12-19-38(4)5/h7-9,14-15,17-18,21,25-27,32,41H,10-13,16,19-20,22-24H2,1-6H3,(H2,36,37,44)/t25-,26-,27-,32-/m0/s1. The predicted octanol–water partition coefficient (Wildman–Crippen LogP) is 4.93. The SMILES string of the molecule is C[C@H]1CCCCO[C@@H](CN(C)C(=O)CCCN(C)C)[C@@H](C)CN([C@@H](C)CO)C(=O)c2cc(NC(=O)Nc3ccccc3)ccc2O1. The second kappa shape index (κ2) is 18.5. The quantitative estimate of drug-likeness (QED) is 0.337. The van der Waals surface area contributed by atoms with Crippen molar-refractivity contribution < 1.29 is 29.0 Å². The molecule has 0 bridgehead atoms. The molecule has 1 aliphatic heterocycles. The van der Waals surface area contributed by atoms with Crippen molar-refractivity contribution in [1.82, 2.24) is 14.7 Å². The molecule has 254 valence electrons. The lowest BCUT2D eigenvalue weighted by Crippen LogP contribution is -2.48. The molecule has 0 aliphatic carbocycles. The molecule has 3 N–H and O–H groups in total. The second-order valence-corrected chi connectivity index (χ2v) is 12.6. The van der Waals surface area contributed by atoms with Gasteiger partial charge < -0.3 is 39.9 Å². The number of carbonyl (C=O) groups is 3. The van der Waals surface area contributed by atoms with Gasteiger partial charge in [0.05, 0.1) is 30.4 Å². The van der Waals surface area contributed by atoms with Gasteiger partial charge in [-0.05, 0) is 90.5 Å². The summed E-state index contributed by atoms with van der Waals surface area (Å²) < 4.78 is 12.7. The average Bonchev–Trinajstić information content (AvgIpc) is 3.02. The van der Waals surface area contributed by atoms with Crippen molar-refractivity contribution in [2.75, 3.05) is 64.6 Å². The molecule has 0 radical (unpaired) electrons. The normalized spacial score (nSPS) is 20.2. The molecule has 4 atom stereocenters. The van der Waals surface area contributed by atoms with Crippen LogP contribution in [0.3, 0.4) is 0 Å². The first-order chi connectivity index (χ1) is 22.0. The number of ether oxygens (including phenoxy) is 2. The number of hydrogen-bond donors (Lipinski definition) is 3. The third-order valence-electron chi connectivity index (χ3n) is 8.22. The van der Waals surface area contributed by atoms with Crippen LogP contribution in [0.15, 0.2) is 48.5 Å². The lowest BCUT2D eigenvalue weighted by molar-refractivity contribution is -0.132. The fraction of sp³-hybridized carbons (Fsp3) is 0.571. The molecule has 0 fully saturated rings. The highest BCUT2D eigenvalue weighted by molar-refractivity contribution is 6.02. The van der Waals surface area contributed by atoms with Gasteiger partial charge in [0.1, 0.15) is 5.75 Å². The number of likely N-dealkylation sites (N-methyl/N-ethyl adjacent to an activating group) is 1. The number of para-hydroxylation sites is 1. The molecular formula is C35H53N5O6. The smallest absolute Gasteiger partial charge is 0.323 e. The number of nitrogens with one attached hydrogen (secondary N) is 2. The molecule has 46 heavy (non-hydrogen) atoms. The molecule has 3 rings (SSSR count). The number of aliphatic hydroxyl groups excluding tert-OH is 1. The highest BCUT2D eigenvalue weighted by Gasteiger charge is 2.31. The topological polar surface area (TPSA) is 124 Å². The lowest BCUT2D eigenvalue weighted by Gasteiger charge is -2.36. The molecule has 0 saturated heterocycles. The van der Waals surface area contributed by atoms with E-state index in [1.165, 1.54) is 0 Å². The van der Waals surface area contributed by atoms with Crippen molar-refractivity contribution in [3.05, 3.63) is 54.1 Å². The van der Waals surface area contributed by atoms with Gasteiger partial charge in [0.15, 0.2) is 0 Å². The Morgan fingerprint density at radius 1 is 1.04 bits per heavy atom. The summed E-state index contributed by atoms with van der Waals surface area (Å²) in [5.41, 5.74) is 1.36. The van der Waals surface area contributed by atoms with Crippen LogP contribution in [-0.2, 0) is 9.53 Å². The van der Waals surface area contributed by atoms with Gasteiger partial charge in [-0.1, -0.05) is 25.1 Å². The Morgan fingerprint density at radius 2 is 1.76 bits per heavy atom. The van der Waals surface area contributed by atoms with E-state index in [-0.39, 0.29) is 43.1 Å². The van der Waals surface area contributed by atoms with Crippen molar-refractivity contribution >= 4 is 29.2 Å². The van der Waals surface area contributed by atoms with Crippen LogP contribution in [0.25, 0.3) is 0 Å². The zero-order chi connectivity index (χ0) is 33.6. The third kappa shape index (κ3) is 11.6. The Kier molecular flexibility index (Phi) is 14.8. The molecular weight excluding hydrogens is 586 g/mol. The van der Waals surface area contributed by atoms with E-state index in [4.69, 9.17) is 9.47 Å². The van der Waals surface area contributed by atoms with Gasteiger partial charge >= 0.3 is 6.03 Å². The molecule has 0 saturated carbocycles. The maximum atomic E-state index is 14.3. The molecule has 4 amide bonds. The fourth-order valence-electron chi connectivity index (χ4n) is 5.39. The van der Waals surface area contributed by atoms with E-state index in [9.17, 15) is 19.5 Å². The van der Waals surface area contributed by atoms with E-state index in [0.29, 0.717) is 42.3 Å². The first kappa shape index (κ1) is 36.8. The van der Waals surface area contributed by atoms with Crippen molar-refractivity contribution in [2.24, 2.45) is 5.92 Å². The zero-order valence-electron chi connectivity index (χ0n) is 28.3. The van der Waals surface area contributed by atoms with E-state index in [1.54, 1.807) is 54.1 Å². The van der Waals surface area contributed by atoms with Crippen LogP contribution < -0.4 is 15.4 Å². The Hall–Kier alpha value is -3.67. The summed E-state index contributed by atoms with van der Waals surface area (Å²) in [6.45, 7) is 7.59. The van der Waals surface area contributed by atoms with Gasteiger partial charge in [-0.2, -0.15) is 0 Å². The summed E-state index contributed by atoms with van der Waals surface area (Å²) in [6.07, 6.45) is 3.22. The van der Waals surface area contributed by atoms with Crippen LogP contribution >= 0.6 is 0 Å². The van der Waals surface area contributed by atoms with Crippen LogP contribution in [0.5, 0.6) is 5.75 Å². The molecule has 0 unspecified atom stereocenters. The Balaban J connectivity index is 1.87.